The number of alkyl halides is 3. The Labute approximate surface area is 204 Å². The zero-order valence-corrected chi connectivity index (χ0v) is 19.2. The smallest absolute Gasteiger partial charge is 0.491 e. The van der Waals surface area contributed by atoms with Crippen molar-refractivity contribution in [1.82, 2.24) is 4.98 Å². The maximum atomic E-state index is 13.1. The summed E-state index contributed by atoms with van der Waals surface area (Å²) in [7, 11) is 0. The number of ketones is 1. The van der Waals surface area contributed by atoms with E-state index in [0.717, 1.165) is 5.56 Å². The largest absolute Gasteiger partial charge is 0.573 e. The summed E-state index contributed by atoms with van der Waals surface area (Å²) in [6, 6.07) is 18.5. The van der Waals surface area contributed by atoms with Gasteiger partial charge in [0.2, 0.25) is 0 Å². The standard InChI is InChI=1S/C26H21ClF3NO4/c27-19-7-6-18(25(13-19)34-11-10-33-16-17-4-2-1-3-5-17)12-24(32)22-15-31-23-9-8-20(14-21(22)23)35-26(28,29)30/h1-9,13-15,31H,10-12,16H2. The van der Waals surface area contributed by atoms with Crippen LogP contribution in [0.3, 0.4) is 0 Å². The van der Waals surface area contributed by atoms with E-state index in [-0.39, 0.29) is 24.4 Å². The number of halogens is 4. The zero-order chi connectivity index (χ0) is 24.8. The van der Waals surface area contributed by atoms with E-state index in [1.807, 2.05) is 30.3 Å². The predicted molar refractivity (Wildman–Crippen MR) is 126 cm³/mol. The van der Waals surface area contributed by atoms with Crippen LogP contribution in [-0.2, 0) is 17.8 Å². The molecule has 0 amide bonds. The van der Waals surface area contributed by atoms with Gasteiger partial charge >= 0.3 is 6.36 Å². The Morgan fingerprint density at radius 2 is 1.77 bits per heavy atom. The van der Waals surface area contributed by atoms with Crippen LogP contribution in [0.2, 0.25) is 5.02 Å². The molecule has 0 aliphatic carbocycles. The van der Waals surface area contributed by atoms with Gasteiger partial charge in [-0.05, 0) is 35.9 Å². The van der Waals surface area contributed by atoms with E-state index in [1.54, 1.807) is 18.2 Å². The molecule has 0 radical (unpaired) electrons. The molecular weight excluding hydrogens is 483 g/mol. The molecule has 0 atom stereocenters. The molecule has 1 aromatic heterocycles. The van der Waals surface area contributed by atoms with Crippen molar-refractivity contribution < 1.29 is 32.2 Å². The number of H-pyrrole nitrogens is 1. The molecule has 1 heterocycles. The maximum absolute atomic E-state index is 13.1. The lowest BCUT2D eigenvalue weighted by atomic mass is 10.0. The molecule has 4 aromatic rings. The van der Waals surface area contributed by atoms with Gasteiger partial charge in [0.1, 0.15) is 18.1 Å². The fourth-order valence-electron chi connectivity index (χ4n) is 3.58. The Hall–Kier alpha value is -3.49. The minimum atomic E-state index is -4.82. The van der Waals surface area contributed by atoms with Gasteiger partial charge in [0.25, 0.3) is 0 Å². The van der Waals surface area contributed by atoms with E-state index >= 15 is 0 Å². The molecule has 0 saturated carbocycles. The molecule has 0 aliphatic rings. The van der Waals surface area contributed by atoms with Crippen LogP contribution in [-0.4, -0.2) is 30.3 Å². The maximum Gasteiger partial charge on any atom is 0.573 e. The van der Waals surface area contributed by atoms with Gasteiger partial charge in [-0.25, -0.2) is 0 Å². The van der Waals surface area contributed by atoms with Crippen molar-refractivity contribution in [2.75, 3.05) is 13.2 Å². The highest BCUT2D eigenvalue weighted by molar-refractivity contribution is 6.30. The number of ether oxygens (including phenoxy) is 3. The molecule has 9 heteroatoms. The Morgan fingerprint density at radius 3 is 2.54 bits per heavy atom. The van der Waals surface area contributed by atoms with E-state index in [0.29, 0.717) is 40.5 Å². The lowest BCUT2D eigenvalue weighted by Crippen LogP contribution is -2.17. The van der Waals surface area contributed by atoms with Gasteiger partial charge in [-0.2, -0.15) is 0 Å². The van der Waals surface area contributed by atoms with E-state index in [9.17, 15) is 18.0 Å². The number of benzene rings is 3. The van der Waals surface area contributed by atoms with Gasteiger partial charge < -0.3 is 19.2 Å². The first-order valence-corrected chi connectivity index (χ1v) is 11.1. The summed E-state index contributed by atoms with van der Waals surface area (Å²) in [5.41, 5.74) is 2.41. The summed E-state index contributed by atoms with van der Waals surface area (Å²) in [4.78, 5) is 16.0. The van der Waals surface area contributed by atoms with Crippen molar-refractivity contribution in [2.45, 2.75) is 19.4 Å². The highest BCUT2D eigenvalue weighted by atomic mass is 35.5. The lowest BCUT2D eigenvalue weighted by molar-refractivity contribution is -0.274. The topological polar surface area (TPSA) is 60.5 Å². The first-order valence-electron chi connectivity index (χ1n) is 10.7. The van der Waals surface area contributed by atoms with Crippen molar-refractivity contribution in [1.29, 1.82) is 0 Å². The lowest BCUT2D eigenvalue weighted by Gasteiger charge is -2.12. The van der Waals surface area contributed by atoms with Crippen molar-refractivity contribution in [3.05, 3.63) is 94.6 Å². The molecule has 3 aromatic carbocycles. The zero-order valence-electron chi connectivity index (χ0n) is 18.4. The number of aromatic nitrogens is 1. The SMILES string of the molecule is O=C(Cc1ccc(Cl)cc1OCCOCc1ccccc1)c1c[nH]c2ccc(OC(F)(F)F)cc12. The average molecular weight is 504 g/mol. The molecule has 0 unspecified atom stereocenters. The van der Waals surface area contributed by atoms with Gasteiger partial charge in [0, 0.05) is 39.7 Å². The third-order valence-corrected chi connectivity index (χ3v) is 5.40. The van der Waals surface area contributed by atoms with Crippen molar-refractivity contribution in [3.63, 3.8) is 0 Å². The minimum absolute atomic E-state index is 0.0331. The number of hydrogen-bond acceptors (Lipinski definition) is 4. The summed E-state index contributed by atoms with van der Waals surface area (Å²) < 4.78 is 53.2. The quantitative estimate of drug-likeness (QED) is 0.192. The molecule has 35 heavy (non-hydrogen) atoms. The predicted octanol–water partition coefficient (Wildman–Crippen LogP) is 6.74. The van der Waals surface area contributed by atoms with Crippen molar-refractivity contribution in [2.24, 2.45) is 0 Å². The fourth-order valence-corrected chi connectivity index (χ4v) is 3.74. The Morgan fingerprint density at radius 1 is 0.971 bits per heavy atom. The number of Topliss-reactive ketones (excluding diaryl/α,β-unsaturated/α-hetero) is 1. The number of fused-ring (bicyclic) bond motifs is 1. The summed E-state index contributed by atoms with van der Waals surface area (Å²) in [5, 5.41) is 0.782. The minimum Gasteiger partial charge on any atom is -0.491 e. The Bertz CT molecular complexity index is 1310. The van der Waals surface area contributed by atoms with Crippen molar-refractivity contribution in [3.8, 4) is 11.5 Å². The molecule has 1 N–H and O–H groups in total. The second-order valence-corrected chi connectivity index (χ2v) is 8.13. The van der Waals surface area contributed by atoms with Crippen LogP contribution < -0.4 is 9.47 Å². The van der Waals surface area contributed by atoms with Crippen LogP contribution >= 0.6 is 11.6 Å². The van der Waals surface area contributed by atoms with Crippen molar-refractivity contribution >= 4 is 28.3 Å². The second kappa shape index (κ2) is 10.8. The van der Waals surface area contributed by atoms with Crippen LogP contribution in [0.5, 0.6) is 11.5 Å². The summed E-state index contributed by atoms with van der Waals surface area (Å²) in [6.07, 6.45) is -3.39. The molecule has 0 spiro atoms. The van der Waals surface area contributed by atoms with Crippen LogP contribution in [0.25, 0.3) is 10.9 Å². The third kappa shape index (κ3) is 6.77. The first kappa shape index (κ1) is 24.6. The van der Waals surface area contributed by atoms with Crippen LogP contribution in [0.4, 0.5) is 13.2 Å². The molecule has 0 saturated heterocycles. The molecule has 5 nitrogen and oxygen atoms in total. The molecule has 4 rings (SSSR count). The van der Waals surface area contributed by atoms with Crippen LogP contribution in [0.1, 0.15) is 21.5 Å². The number of nitrogens with one attached hydrogen (secondary N) is 1. The Balaban J connectivity index is 1.43. The summed E-state index contributed by atoms with van der Waals surface area (Å²) in [6.45, 7) is 1.03. The Kier molecular flexibility index (Phi) is 7.63. The summed E-state index contributed by atoms with van der Waals surface area (Å²) >= 11 is 6.11. The molecular formula is C26H21ClF3NO4. The van der Waals surface area contributed by atoms with Gasteiger partial charge in [-0.15, -0.1) is 13.2 Å². The van der Waals surface area contributed by atoms with E-state index in [2.05, 4.69) is 9.72 Å². The fraction of sp³-hybridized carbons (Fsp3) is 0.192. The van der Waals surface area contributed by atoms with E-state index in [1.165, 1.54) is 24.4 Å². The van der Waals surface area contributed by atoms with Crippen LogP contribution in [0.15, 0.2) is 72.9 Å². The summed E-state index contributed by atoms with van der Waals surface area (Å²) in [5.74, 6) is -0.257. The number of carbonyl (C=O) groups excluding carboxylic acids is 1. The van der Waals surface area contributed by atoms with E-state index < -0.39 is 12.1 Å². The first-order chi connectivity index (χ1) is 16.8. The normalized spacial score (nSPS) is 11.5. The number of aromatic amines is 1. The second-order valence-electron chi connectivity index (χ2n) is 7.70. The van der Waals surface area contributed by atoms with Crippen LogP contribution in [0, 0.1) is 0 Å². The molecule has 182 valence electrons. The highest BCUT2D eigenvalue weighted by Crippen LogP contribution is 2.30. The third-order valence-electron chi connectivity index (χ3n) is 5.16. The average Bonchev–Trinajstić information content (AvgIpc) is 3.23. The molecule has 0 fully saturated rings. The monoisotopic (exact) mass is 503 g/mol. The van der Waals surface area contributed by atoms with Gasteiger partial charge in [0.15, 0.2) is 5.78 Å². The van der Waals surface area contributed by atoms with Gasteiger partial charge in [-0.3, -0.25) is 4.79 Å². The van der Waals surface area contributed by atoms with Gasteiger partial charge in [-0.1, -0.05) is 48.0 Å². The molecule has 0 bridgehead atoms. The number of rotatable bonds is 10. The highest BCUT2D eigenvalue weighted by Gasteiger charge is 2.31. The van der Waals surface area contributed by atoms with E-state index in [4.69, 9.17) is 21.1 Å². The number of hydrogen-bond donors (Lipinski definition) is 1. The number of carbonyl (C=O) groups is 1. The molecule has 0 aliphatic heterocycles. The van der Waals surface area contributed by atoms with Gasteiger partial charge in [0.05, 0.1) is 13.2 Å².